The average Bonchev–Trinajstić information content (AvgIpc) is 2.53. The van der Waals surface area contributed by atoms with Crippen LogP contribution in [0.3, 0.4) is 0 Å². The number of aromatic nitrogens is 2. The van der Waals surface area contributed by atoms with Gasteiger partial charge in [-0.1, -0.05) is 0 Å². The highest BCUT2D eigenvalue weighted by Crippen LogP contribution is 2.07. The van der Waals surface area contributed by atoms with Crippen molar-refractivity contribution in [2.45, 2.75) is 26.3 Å². The lowest BCUT2D eigenvalue weighted by Crippen LogP contribution is -2.04. The first kappa shape index (κ1) is 10.1. The van der Waals surface area contributed by atoms with E-state index >= 15 is 0 Å². The van der Waals surface area contributed by atoms with Gasteiger partial charge in [-0.25, -0.2) is 0 Å². The molecule has 5 heteroatoms. The molecule has 1 aromatic heterocycles. The Morgan fingerprint density at radius 3 is 2.85 bits per heavy atom. The van der Waals surface area contributed by atoms with Gasteiger partial charge in [0, 0.05) is 13.0 Å². The van der Waals surface area contributed by atoms with Crippen LogP contribution >= 0.6 is 0 Å². The zero-order valence-electron chi connectivity index (χ0n) is 7.99. The largest absolute Gasteiger partial charge is 0.424 e. The van der Waals surface area contributed by atoms with E-state index in [1.54, 1.807) is 6.92 Å². The molecule has 0 aliphatic rings. The fourth-order valence-corrected chi connectivity index (χ4v) is 0.855. The van der Waals surface area contributed by atoms with Gasteiger partial charge in [-0.05, 0) is 13.8 Å². The summed E-state index contributed by atoms with van der Waals surface area (Å²) in [6.45, 7) is 5.06. The first-order valence-corrected chi connectivity index (χ1v) is 4.39. The molecule has 5 nitrogen and oxygen atoms in total. The van der Waals surface area contributed by atoms with Gasteiger partial charge in [0.2, 0.25) is 11.8 Å². The molecule has 0 aliphatic carbocycles. The third-order valence-electron chi connectivity index (χ3n) is 1.54. The van der Waals surface area contributed by atoms with Crippen molar-refractivity contribution in [2.75, 3.05) is 13.2 Å². The Hall–Kier alpha value is -0.940. The summed E-state index contributed by atoms with van der Waals surface area (Å²) in [5.74, 6) is 1.06. The Morgan fingerprint density at radius 2 is 2.31 bits per heavy atom. The number of rotatable bonds is 5. The highest BCUT2D eigenvalue weighted by atomic mass is 16.5. The van der Waals surface area contributed by atoms with Crippen LogP contribution in [0.5, 0.6) is 0 Å². The van der Waals surface area contributed by atoms with E-state index in [0.717, 1.165) is 0 Å². The Kier molecular flexibility index (Phi) is 3.85. The molecule has 2 N–H and O–H groups in total. The SMILES string of the molecule is CCOCCc1nnc(C(C)N)o1. The average molecular weight is 185 g/mol. The van der Waals surface area contributed by atoms with E-state index in [1.165, 1.54) is 0 Å². The molecule has 0 saturated carbocycles. The van der Waals surface area contributed by atoms with E-state index in [-0.39, 0.29) is 6.04 Å². The molecule has 0 fully saturated rings. The maximum absolute atomic E-state index is 5.55. The van der Waals surface area contributed by atoms with Gasteiger partial charge in [-0.2, -0.15) is 0 Å². The van der Waals surface area contributed by atoms with Gasteiger partial charge in [0.1, 0.15) is 0 Å². The second-order valence-electron chi connectivity index (χ2n) is 2.77. The van der Waals surface area contributed by atoms with E-state index in [4.69, 9.17) is 14.9 Å². The zero-order chi connectivity index (χ0) is 9.68. The second kappa shape index (κ2) is 4.94. The fraction of sp³-hybridized carbons (Fsp3) is 0.750. The third kappa shape index (κ3) is 3.12. The number of nitrogens with zero attached hydrogens (tertiary/aromatic N) is 2. The van der Waals surface area contributed by atoms with Gasteiger partial charge in [-0.15, -0.1) is 10.2 Å². The molecule has 0 aliphatic heterocycles. The first-order chi connectivity index (χ1) is 6.24. The minimum Gasteiger partial charge on any atom is -0.424 e. The van der Waals surface area contributed by atoms with Crippen molar-refractivity contribution in [1.82, 2.24) is 10.2 Å². The lowest BCUT2D eigenvalue weighted by atomic mass is 10.4. The molecule has 1 atom stereocenters. The fourth-order valence-electron chi connectivity index (χ4n) is 0.855. The van der Waals surface area contributed by atoms with Crippen LogP contribution in [0.2, 0.25) is 0 Å². The highest BCUT2D eigenvalue weighted by molar-refractivity contribution is 4.86. The summed E-state index contributed by atoms with van der Waals surface area (Å²) in [5, 5.41) is 7.63. The van der Waals surface area contributed by atoms with Crippen molar-refractivity contribution in [2.24, 2.45) is 5.73 Å². The van der Waals surface area contributed by atoms with Crippen LogP contribution in [0.4, 0.5) is 0 Å². The van der Waals surface area contributed by atoms with Gasteiger partial charge in [0.05, 0.1) is 12.6 Å². The van der Waals surface area contributed by atoms with Gasteiger partial charge < -0.3 is 14.9 Å². The second-order valence-corrected chi connectivity index (χ2v) is 2.77. The molecule has 0 radical (unpaired) electrons. The van der Waals surface area contributed by atoms with Crippen molar-refractivity contribution in [1.29, 1.82) is 0 Å². The van der Waals surface area contributed by atoms with Crippen molar-refractivity contribution < 1.29 is 9.15 Å². The smallest absolute Gasteiger partial charge is 0.232 e. The van der Waals surface area contributed by atoms with Crippen LogP contribution in [0.15, 0.2) is 4.42 Å². The summed E-state index contributed by atoms with van der Waals surface area (Å²) in [4.78, 5) is 0. The molecule has 1 aromatic rings. The van der Waals surface area contributed by atoms with Crippen LogP contribution in [0, 0.1) is 0 Å². The number of hydrogen-bond donors (Lipinski definition) is 1. The predicted molar refractivity (Wildman–Crippen MR) is 47.1 cm³/mol. The molecule has 0 spiro atoms. The lowest BCUT2D eigenvalue weighted by Gasteiger charge is -1.97. The van der Waals surface area contributed by atoms with E-state index in [2.05, 4.69) is 10.2 Å². The molecule has 0 amide bonds. The highest BCUT2D eigenvalue weighted by Gasteiger charge is 2.08. The summed E-state index contributed by atoms with van der Waals surface area (Å²) in [5.41, 5.74) is 5.55. The van der Waals surface area contributed by atoms with Crippen LogP contribution in [0.1, 0.15) is 31.7 Å². The topological polar surface area (TPSA) is 74.2 Å². The molecule has 74 valence electrons. The summed E-state index contributed by atoms with van der Waals surface area (Å²) in [6, 6.07) is -0.201. The molecule has 0 bridgehead atoms. The molecule has 0 aromatic carbocycles. The van der Waals surface area contributed by atoms with E-state index in [9.17, 15) is 0 Å². The molecule has 0 saturated heterocycles. The minimum absolute atomic E-state index is 0.201. The molecule has 1 rings (SSSR count). The summed E-state index contributed by atoms with van der Waals surface area (Å²) in [7, 11) is 0. The molecule has 13 heavy (non-hydrogen) atoms. The van der Waals surface area contributed by atoms with Gasteiger partial charge in [0.25, 0.3) is 0 Å². The number of nitrogens with two attached hydrogens (primary N) is 1. The standard InChI is InChI=1S/C8H15N3O2/c1-3-12-5-4-7-10-11-8(13-7)6(2)9/h6H,3-5,9H2,1-2H3. The zero-order valence-corrected chi connectivity index (χ0v) is 7.99. The normalized spacial score (nSPS) is 13.2. The van der Waals surface area contributed by atoms with E-state index < -0.39 is 0 Å². The van der Waals surface area contributed by atoms with E-state index in [0.29, 0.717) is 31.4 Å². The van der Waals surface area contributed by atoms with Crippen LogP contribution in [-0.4, -0.2) is 23.4 Å². The third-order valence-corrected chi connectivity index (χ3v) is 1.54. The quantitative estimate of drug-likeness (QED) is 0.682. The number of ether oxygens (including phenoxy) is 1. The van der Waals surface area contributed by atoms with Crippen LogP contribution in [-0.2, 0) is 11.2 Å². The van der Waals surface area contributed by atoms with Crippen molar-refractivity contribution in [3.63, 3.8) is 0 Å². The first-order valence-electron chi connectivity index (χ1n) is 4.39. The number of hydrogen-bond acceptors (Lipinski definition) is 5. The summed E-state index contributed by atoms with van der Waals surface area (Å²) < 4.78 is 10.4. The molecular weight excluding hydrogens is 170 g/mol. The van der Waals surface area contributed by atoms with Crippen LogP contribution in [0.25, 0.3) is 0 Å². The summed E-state index contributed by atoms with van der Waals surface area (Å²) in [6.07, 6.45) is 0.646. The Morgan fingerprint density at radius 1 is 1.54 bits per heavy atom. The molecule has 1 unspecified atom stereocenters. The van der Waals surface area contributed by atoms with Crippen LogP contribution < -0.4 is 5.73 Å². The molecular formula is C8H15N3O2. The van der Waals surface area contributed by atoms with Gasteiger partial charge in [-0.3, -0.25) is 0 Å². The monoisotopic (exact) mass is 185 g/mol. The Balaban J connectivity index is 2.40. The summed E-state index contributed by atoms with van der Waals surface area (Å²) >= 11 is 0. The van der Waals surface area contributed by atoms with Crippen molar-refractivity contribution in [3.8, 4) is 0 Å². The maximum Gasteiger partial charge on any atom is 0.232 e. The molecule has 1 heterocycles. The Labute approximate surface area is 77.3 Å². The minimum atomic E-state index is -0.201. The Bertz CT molecular complexity index is 247. The predicted octanol–water partition coefficient (Wildman–Crippen LogP) is 0.668. The van der Waals surface area contributed by atoms with Crippen molar-refractivity contribution >= 4 is 0 Å². The lowest BCUT2D eigenvalue weighted by molar-refractivity contribution is 0.145. The van der Waals surface area contributed by atoms with Crippen molar-refractivity contribution in [3.05, 3.63) is 11.8 Å². The maximum atomic E-state index is 5.55. The van der Waals surface area contributed by atoms with Gasteiger partial charge in [0.15, 0.2) is 0 Å². The van der Waals surface area contributed by atoms with Gasteiger partial charge >= 0.3 is 0 Å². The van der Waals surface area contributed by atoms with E-state index in [1.807, 2.05) is 6.92 Å².